The number of rotatable bonds is 2. The van der Waals surface area contributed by atoms with E-state index in [-0.39, 0.29) is 0 Å². The van der Waals surface area contributed by atoms with Gasteiger partial charge < -0.3 is 0 Å². The summed E-state index contributed by atoms with van der Waals surface area (Å²) in [5.74, 6) is 0. The summed E-state index contributed by atoms with van der Waals surface area (Å²) >= 11 is 0. The van der Waals surface area contributed by atoms with Crippen molar-refractivity contribution in [3.63, 3.8) is 0 Å². The van der Waals surface area contributed by atoms with Crippen molar-refractivity contribution >= 4 is 10.8 Å². The van der Waals surface area contributed by atoms with Crippen molar-refractivity contribution in [3.8, 4) is 33.4 Å². The molecule has 5 aromatic carbocycles. The first-order chi connectivity index (χ1) is 14.4. The zero-order chi connectivity index (χ0) is 19.2. The molecule has 0 aliphatic heterocycles. The third-order valence-corrected chi connectivity index (χ3v) is 6.15. The molecule has 0 bridgehead atoms. The summed E-state index contributed by atoms with van der Waals surface area (Å²) in [6.45, 7) is 0. The SMILES string of the molecule is c1ccc2c(c1)Cc1c(-c3ccc(-c4cccc5ccccc45)cc3)cccc1-2. The van der Waals surface area contributed by atoms with Crippen LogP contribution in [-0.2, 0) is 6.42 Å². The van der Waals surface area contributed by atoms with E-state index in [4.69, 9.17) is 0 Å². The molecule has 0 amide bonds. The maximum absolute atomic E-state index is 2.27. The van der Waals surface area contributed by atoms with Crippen molar-refractivity contribution in [1.29, 1.82) is 0 Å². The van der Waals surface area contributed by atoms with Crippen LogP contribution < -0.4 is 0 Å². The number of benzene rings is 5. The quantitative estimate of drug-likeness (QED) is 0.293. The Balaban J connectivity index is 1.44. The van der Waals surface area contributed by atoms with Gasteiger partial charge in [-0.1, -0.05) is 109 Å². The molecule has 0 nitrogen and oxygen atoms in total. The van der Waals surface area contributed by atoms with Gasteiger partial charge in [0, 0.05) is 0 Å². The van der Waals surface area contributed by atoms with E-state index in [1.165, 1.54) is 55.3 Å². The van der Waals surface area contributed by atoms with Crippen LogP contribution in [0.2, 0.25) is 0 Å². The lowest BCUT2D eigenvalue weighted by atomic mass is 9.93. The topological polar surface area (TPSA) is 0 Å². The van der Waals surface area contributed by atoms with Gasteiger partial charge in [0.05, 0.1) is 0 Å². The van der Waals surface area contributed by atoms with Gasteiger partial charge >= 0.3 is 0 Å². The first kappa shape index (κ1) is 16.3. The fraction of sp³-hybridized carbons (Fsp3) is 0.0345. The Bertz CT molecular complexity index is 1350. The van der Waals surface area contributed by atoms with Crippen LogP contribution in [0.5, 0.6) is 0 Å². The minimum Gasteiger partial charge on any atom is -0.0619 e. The molecule has 1 aliphatic rings. The van der Waals surface area contributed by atoms with E-state index in [9.17, 15) is 0 Å². The van der Waals surface area contributed by atoms with Crippen LogP contribution in [0.3, 0.4) is 0 Å². The molecular formula is C29H20. The summed E-state index contributed by atoms with van der Waals surface area (Å²) in [6.07, 6.45) is 1.02. The maximum atomic E-state index is 2.27. The van der Waals surface area contributed by atoms with Gasteiger partial charge in [0.15, 0.2) is 0 Å². The second-order valence-corrected chi connectivity index (χ2v) is 7.77. The second kappa shape index (κ2) is 6.46. The third kappa shape index (κ3) is 2.61. The molecule has 0 N–H and O–H groups in total. The molecule has 136 valence electrons. The van der Waals surface area contributed by atoms with E-state index < -0.39 is 0 Å². The second-order valence-electron chi connectivity index (χ2n) is 7.77. The van der Waals surface area contributed by atoms with Gasteiger partial charge in [-0.15, -0.1) is 0 Å². The highest BCUT2D eigenvalue weighted by Gasteiger charge is 2.20. The smallest absolute Gasteiger partial charge is 0.000729 e. The minimum atomic E-state index is 1.02. The molecule has 0 unspecified atom stereocenters. The maximum Gasteiger partial charge on any atom is -0.000729 e. The van der Waals surface area contributed by atoms with Crippen LogP contribution in [-0.4, -0.2) is 0 Å². The Kier molecular flexibility index (Phi) is 3.64. The molecule has 0 atom stereocenters. The highest BCUT2D eigenvalue weighted by atomic mass is 14.2. The van der Waals surface area contributed by atoms with E-state index >= 15 is 0 Å². The van der Waals surface area contributed by atoms with Crippen LogP contribution in [0.15, 0.2) is 109 Å². The van der Waals surface area contributed by atoms with Gasteiger partial charge in [-0.25, -0.2) is 0 Å². The van der Waals surface area contributed by atoms with Crippen molar-refractivity contribution < 1.29 is 0 Å². The Labute approximate surface area is 171 Å². The molecule has 0 spiro atoms. The molecule has 6 rings (SSSR count). The summed E-state index contributed by atoms with van der Waals surface area (Å²) in [6, 6.07) is 39.7. The fourth-order valence-corrected chi connectivity index (χ4v) is 4.73. The molecule has 0 heterocycles. The van der Waals surface area contributed by atoms with Crippen molar-refractivity contribution in [3.05, 3.63) is 120 Å². The van der Waals surface area contributed by atoms with Crippen LogP contribution in [0.4, 0.5) is 0 Å². The summed E-state index contributed by atoms with van der Waals surface area (Å²) in [5, 5.41) is 2.59. The Morgan fingerprint density at radius 2 is 1.00 bits per heavy atom. The lowest BCUT2D eigenvalue weighted by Crippen LogP contribution is -1.88. The molecule has 0 heteroatoms. The lowest BCUT2D eigenvalue weighted by Gasteiger charge is -2.11. The van der Waals surface area contributed by atoms with Gasteiger partial charge in [0.1, 0.15) is 0 Å². The predicted molar refractivity (Wildman–Crippen MR) is 123 cm³/mol. The molecule has 0 fully saturated rings. The fourth-order valence-electron chi connectivity index (χ4n) is 4.73. The molecule has 29 heavy (non-hydrogen) atoms. The molecule has 1 aliphatic carbocycles. The van der Waals surface area contributed by atoms with Gasteiger partial charge in [-0.05, 0) is 61.7 Å². The van der Waals surface area contributed by atoms with E-state index in [0.717, 1.165) is 6.42 Å². The standard InChI is InChI=1S/C29H20/c1-3-10-24-20(7-1)9-5-12-25(24)21-15-17-22(18-16-21)26-13-6-14-28-27-11-4-2-8-23(27)19-29(26)28/h1-18H,19H2. The molecule has 0 aromatic heterocycles. The van der Waals surface area contributed by atoms with Gasteiger partial charge in [0.2, 0.25) is 0 Å². The van der Waals surface area contributed by atoms with Gasteiger partial charge in [0.25, 0.3) is 0 Å². The first-order valence-electron chi connectivity index (χ1n) is 10.2. The number of fused-ring (bicyclic) bond motifs is 4. The lowest BCUT2D eigenvalue weighted by molar-refractivity contribution is 1.26. The van der Waals surface area contributed by atoms with Crippen LogP contribution in [0.25, 0.3) is 44.2 Å². The number of hydrogen-bond acceptors (Lipinski definition) is 0. The van der Waals surface area contributed by atoms with Crippen LogP contribution in [0.1, 0.15) is 11.1 Å². The summed E-state index contributed by atoms with van der Waals surface area (Å²) in [7, 11) is 0. The molecule has 0 saturated carbocycles. The zero-order valence-corrected chi connectivity index (χ0v) is 16.1. The Morgan fingerprint density at radius 3 is 1.90 bits per heavy atom. The molecular weight excluding hydrogens is 348 g/mol. The first-order valence-corrected chi connectivity index (χ1v) is 10.2. The monoisotopic (exact) mass is 368 g/mol. The minimum absolute atomic E-state index is 1.02. The summed E-state index contributed by atoms with van der Waals surface area (Å²) in [4.78, 5) is 0. The largest absolute Gasteiger partial charge is 0.0619 e. The van der Waals surface area contributed by atoms with Crippen molar-refractivity contribution in [2.75, 3.05) is 0 Å². The van der Waals surface area contributed by atoms with E-state index in [1.807, 2.05) is 0 Å². The van der Waals surface area contributed by atoms with Crippen LogP contribution >= 0.6 is 0 Å². The van der Waals surface area contributed by atoms with E-state index in [1.54, 1.807) is 0 Å². The highest BCUT2D eigenvalue weighted by Crippen LogP contribution is 2.41. The third-order valence-electron chi connectivity index (χ3n) is 6.15. The Hall–Kier alpha value is -3.64. The summed E-state index contributed by atoms with van der Waals surface area (Å²) < 4.78 is 0. The molecule has 0 radical (unpaired) electrons. The zero-order valence-electron chi connectivity index (χ0n) is 16.1. The van der Waals surface area contributed by atoms with Gasteiger partial charge in [-0.3, -0.25) is 0 Å². The normalized spacial score (nSPS) is 12.0. The average molecular weight is 368 g/mol. The van der Waals surface area contributed by atoms with Crippen molar-refractivity contribution in [2.45, 2.75) is 6.42 Å². The number of hydrogen-bond donors (Lipinski definition) is 0. The Morgan fingerprint density at radius 1 is 0.414 bits per heavy atom. The van der Waals surface area contributed by atoms with E-state index in [2.05, 4.69) is 109 Å². The average Bonchev–Trinajstić information content (AvgIpc) is 3.18. The predicted octanol–water partition coefficient (Wildman–Crippen LogP) is 7.75. The van der Waals surface area contributed by atoms with E-state index in [0.29, 0.717) is 0 Å². The van der Waals surface area contributed by atoms with Crippen molar-refractivity contribution in [1.82, 2.24) is 0 Å². The van der Waals surface area contributed by atoms with Crippen LogP contribution in [0, 0.1) is 0 Å². The molecule has 5 aromatic rings. The molecule has 0 saturated heterocycles. The summed E-state index contributed by atoms with van der Waals surface area (Å²) in [5.41, 5.74) is 10.9. The highest BCUT2D eigenvalue weighted by molar-refractivity contribution is 5.97. The van der Waals surface area contributed by atoms with Crippen molar-refractivity contribution in [2.24, 2.45) is 0 Å². The van der Waals surface area contributed by atoms with Gasteiger partial charge in [-0.2, -0.15) is 0 Å².